The summed E-state index contributed by atoms with van der Waals surface area (Å²) < 4.78 is 32.6. The number of ether oxygens (including phenoxy) is 1. The van der Waals surface area contributed by atoms with Gasteiger partial charge in [-0.25, -0.2) is 17.9 Å². The third-order valence-electron chi connectivity index (χ3n) is 3.24. The van der Waals surface area contributed by atoms with Crippen LogP contribution in [0.25, 0.3) is 0 Å². The number of aromatic carboxylic acids is 1. The molecule has 2 N–H and O–H groups in total. The van der Waals surface area contributed by atoms with Gasteiger partial charge in [-0.05, 0) is 42.5 Å². The number of carboxylic acids is 1. The normalized spacial score (nSPS) is 16.6. The Morgan fingerprint density at radius 3 is 2.62 bits per heavy atom. The molecule has 1 saturated heterocycles. The van der Waals surface area contributed by atoms with E-state index in [-0.39, 0.29) is 22.3 Å². The molecule has 1 fully saturated rings. The number of methoxy groups -OCH3 is 1. The number of nitrogens with one attached hydrogen (secondary N) is 1. The quantitative estimate of drug-likeness (QED) is 0.851. The smallest absolute Gasteiger partial charge is 0.335 e. The number of benzene rings is 1. The fourth-order valence-corrected chi connectivity index (χ4v) is 4.72. The standard InChI is InChI=1S/C13H17NO5S2/c1-19-11-3-2-9(13(15)16)8-12(11)21(17,18)14-10-4-6-20-7-5-10/h2-3,8,10,14H,4-7H2,1H3,(H,15,16). The van der Waals surface area contributed by atoms with Crippen molar-refractivity contribution in [3.05, 3.63) is 23.8 Å². The summed E-state index contributed by atoms with van der Waals surface area (Å²) in [6.07, 6.45) is 1.54. The van der Waals surface area contributed by atoms with E-state index in [4.69, 9.17) is 9.84 Å². The molecule has 0 atom stereocenters. The molecule has 0 amide bonds. The lowest BCUT2D eigenvalue weighted by atomic mass is 10.2. The van der Waals surface area contributed by atoms with Crippen LogP contribution < -0.4 is 9.46 Å². The van der Waals surface area contributed by atoms with E-state index < -0.39 is 16.0 Å². The molecule has 8 heteroatoms. The van der Waals surface area contributed by atoms with Gasteiger partial charge in [0.2, 0.25) is 10.0 Å². The summed E-state index contributed by atoms with van der Waals surface area (Å²) in [5, 5.41) is 9.00. The van der Waals surface area contributed by atoms with Gasteiger partial charge in [0.1, 0.15) is 10.6 Å². The van der Waals surface area contributed by atoms with E-state index in [1.807, 2.05) is 0 Å². The Labute approximate surface area is 127 Å². The van der Waals surface area contributed by atoms with Gasteiger partial charge in [0, 0.05) is 6.04 Å². The summed E-state index contributed by atoms with van der Waals surface area (Å²) >= 11 is 1.80. The second kappa shape index (κ2) is 6.67. The molecular formula is C13H17NO5S2. The maximum Gasteiger partial charge on any atom is 0.335 e. The third-order valence-corrected chi connectivity index (χ3v) is 5.83. The maximum atomic E-state index is 12.5. The van der Waals surface area contributed by atoms with Crippen molar-refractivity contribution in [2.45, 2.75) is 23.8 Å². The van der Waals surface area contributed by atoms with Crippen LogP contribution in [0.15, 0.2) is 23.1 Å². The number of hydrogen-bond donors (Lipinski definition) is 2. The van der Waals surface area contributed by atoms with Crippen molar-refractivity contribution >= 4 is 27.8 Å². The van der Waals surface area contributed by atoms with E-state index in [0.717, 1.165) is 30.4 Å². The summed E-state index contributed by atoms with van der Waals surface area (Å²) in [5.74, 6) is 0.791. The van der Waals surface area contributed by atoms with Crippen LogP contribution in [-0.2, 0) is 10.0 Å². The van der Waals surface area contributed by atoms with E-state index in [1.54, 1.807) is 11.8 Å². The van der Waals surface area contributed by atoms with Gasteiger partial charge in [0.15, 0.2) is 0 Å². The van der Waals surface area contributed by atoms with Crippen LogP contribution in [0.4, 0.5) is 0 Å². The summed E-state index contributed by atoms with van der Waals surface area (Å²) in [4.78, 5) is 10.9. The summed E-state index contributed by atoms with van der Waals surface area (Å²) in [6, 6.07) is 3.68. The molecule has 1 aliphatic heterocycles. The topological polar surface area (TPSA) is 92.7 Å². The SMILES string of the molecule is COc1ccc(C(=O)O)cc1S(=O)(=O)NC1CCSCC1. The van der Waals surface area contributed by atoms with Crippen molar-refractivity contribution in [3.8, 4) is 5.75 Å². The fourth-order valence-electron chi connectivity index (χ4n) is 2.12. The molecule has 2 rings (SSSR count). The van der Waals surface area contributed by atoms with Crippen molar-refractivity contribution in [2.24, 2.45) is 0 Å². The van der Waals surface area contributed by atoms with Gasteiger partial charge in [-0.3, -0.25) is 0 Å². The summed E-state index contributed by atoms with van der Waals surface area (Å²) in [5.41, 5.74) is -0.0876. The van der Waals surface area contributed by atoms with Crippen molar-refractivity contribution in [2.75, 3.05) is 18.6 Å². The molecule has 21 heavy (non-hydrogen) atoms. The molecule has 1 heterocycles. The Morgan fingerprint density at radius 1 is 1.38 bits per heavy atom. The van der Waals surface area contributed by atoms with Gasteiger partial charge in [-0.1, -0.05) is 0 Å². The molecule has 1 aliphatic rings. The van der Waals surface area contributed by atoms with Crippen LogP contribution in [-0.4, -0.2) is 44.2 Å². The third kappa shape index (κ3) is 3.90. The van der Waals surface area contributed by atoms with Crippen LogP contribution in [0.3, 0.4) is 0 Å². The highest BCUT2D eigenvalue weighted by molar-refractivity contribution is 7.99. The predicted molar refractivity (Wildman–Crippen MR) is 80.6 cm³/mol. The van der Waals surface area contributed by atoms with Crippen LogP contribution in [0.5, 0.6) is 5.75 Å². The molecule has 1 aromatic rings. The number of carbonyl (C=O) groups is 1. The first kappa shape index (κ1) is 16.1. The second-order valence-corrected chi connectivity index (χ2v) is 7.59. The molecule has 6 nitrogen and oxygen atoms in total. The lowest BCUT2D eigenvalue weighted by Gasteiger charge is -2.23. The first-order chi connectivity index (χ1) is 9.94. The molecule has 0 spiro atoms. The van der Waals surface area contributed by atoms with Crippen molar-refractivity contribution in [1.82, 2.24) is 4.72 Å². The lowest BCUT2D eigenvalue weighted by Crippen LogP contribution is -2.37. The number of thioether (sulfide) groups is 1. The van der Waals surface area contributed by atoms with E-state index in [0.29, 0.717) is 0 Å². The van der Waals surface area contributed by atoms with Crippen molar-refractivity contribution in [1.29, 1.82) is 0 Å². The molecule has 1 aromatic carbocycles. The molecule has 0 unspecified atom stereocenters. The van der Waals surface area contributed by atoms with Gasteiger partial charge in [-0.2, -0.15) is 11.8 Å². The van der Waals surface area contributed by atoms with Crippen LogP contribution in [0.1, 0.15) is 23.2 Å². The van der Waals surface area contributed by atoms with Gasteiger partial charge < -0.3 is 9.84 Å². The highest BCUT2D eigenvalue weighted by Gasteiger charge is 2.26. The molecule has 0 aliphatic carbocycles. The van der Waals surface area contributed by atoms with Crippen LogP contribution >= 0.6 is 11.8 Å². The summed E-state index contributed by atoms with van der Waals surface area (Å²) in [7, 11) is -2.45. The Morgan fingerprint density at radius 2 is 2.05 bits per heavy atom. The molecule has 0 bridgehead atoms. The first-order valence-electron chi connectivity index (χ1n) is 6.45. The Kier molecular flexibility index (Phi) is 5.13. The maximum absolute atomic E-state index is 12.5. The second-order valence-electron chi connectivity index (χ2n) is 4.68. The zero-order valence-electron chi connectivity index (χ0n) is 11.5. The average molecular weight is 331 g/mol. The van der Waals surface area contributed by atoms with E-state index >= 15 is 0 Å². The predicted octanol–water partition coefficient (Wildman–Crippen LogP) is 1.57. The minimum Gasteiger partial charge on any atom is -0.495 e. The van der Waals surface area contributed by atoms with Gasteiger partial charge in [-0.15, -0.1) is 0 Å². The van der Waals surface area contributed by atoms with Crippen LogP contribution in [0, 0.1) is 0 Å². The minimum atomic E-state index is -3.81. The zero-order chi connectivity index (χ0) is 15.5. The molecular weight excluding hydrogens is 314 g/mol. The van der Waals surface area contributed by atoms with E-state index in [2.05, 4.69) is 4.72 Å². The number of carboxylic acid groups (broad SMARTS) is 1. The largest absolute Gasteiger partial charge is 0.495 e. The first-order valence-corrected chi connectivity index (χ1v) is 9.09. The molecule has 0 saturated carbocycles. The highest BCUT2D eigenvalue weighted by atomic mass is 32.2. The zero-order valence-corrected chi connectivity index (χ0v) is 13.2. The number of hydrogen-bond acceptors (Lipinski definition) is 5. The average Bonchev–Trinajstić information content (AvgIpc) is 2.47. The summed E-state index contributed by atoms with van der Waals surface area (Å²) in [6.45, 7) is 0. The highest BCUT2D eigenvalue weighted by Crippen LogP contribution is 2.26. The van der Waals surface area contributed by atoms with Crippen molar-refractivity contribution < 1.29 is 23.1 Å². The Balaban J connectivity index is 2.32. The fraction of sp³-hybridized carbons (Fsp3) is 0.462. The Bertz CT molecular complexity index is 623. The van der Waals surface area contributed by atoms with Gasteiger partial charge in [0.05, 0.1) is 12.7 Å². The molecule has 0 aromatic heterocycles. The van der Waals surface area contributed by atoms with Crippen LogP contribution in [0.2, 0.25) is 0 Å². The number of sulfonamides is 1. The Hall–Kier alpha value is -1.25. The lowest BCUT2D eigenvalue weighted by molar-refractivity contribution is 0.0696. The van der Waals surface area contributed by atoms with E-state index in [9.17, 15) is 13.2 Å². The minimum absolute atomic E-state index is 0.0876. The van der Waals surface area contributed by atoms with Gasteiger partial charge >= 0.3 is 5.97 Å². The number of rotatable bonds is 5. The van der Waals surface area contributed by atoms with Crippen molar-refractivity contribution in [3.63, 3.8) is 0 Å². The van der Waals surface area contributed by atoms with E-state index in [1.165, 1.54) is 19.2 Å². The molecule has 0 radical (unpaired) electrons. The van der Waals surface area contributed by atoms with Gasteiger partial charge in [0.25, 0.3) is 0 Å². The molecule has 116 valence electrons. The monoisotopic (exact) mass is 331 g/mol.